The van der Waals surface area contributed by atoms with Crippen LogP contribution >= 0.6 is 0 Å². The van der Waals surface area contributed by atoms with Gasteiger partial charge in [0.05, 0.1) is 13.2 Å². The van der Waals surface area contributed by atoms with Crippen molar-refractivity contribution in [2.24, 2.45) is 0 Å². The minimum absolute atomic E-state index is 0.322. The summed E-state index contributed by atoms with van der Waals surface area (Å²) in [5, 5.41) is 0. The maximum absolute atomic E-state index is 5.04. The molecule has 1 rings (SSSR count). The number of hydroxylamine groups is 1. The van der Waals surface area contributed by atoms with Crippen LogP contribution in [0.1, 0.15) is 44.2 Å². The Labute approximate surface area is 92.6 Å². The van der Waals surface area contributed by atoms with E-state index in [0.29, 0.717) is 6.04 Å². The van der Waals surface area contributed by atoms with Gasteiger partial charge in [-0.3, -0.25) is 0 Å². The van der Waals surface area contributed by atoms with Gasteiger partial charge in [-0.1, -0.05) is 56.5 Å². The van der Waals surface area contributed by atoms with Crippen molar-refractivity contribution in [3.05, 3.63) is 35.9 Å². The Bertz CT molecular complexity index is 248. The highest BCUT2D eigenvalue weighted by Crippen LogP contribution is 2.19. The number of hydrogen-bond donors (Lipinski definition) is 1. The maximum Gasteiger partial charge on any atom is 0.0572 e. The number of hydrogen-bond acceptors (Lipinski definition) is 2. The molecule has 2 heteroatoms. The van der Waals surface area contributed by atoms with Crippen LogP contribution in [0.2, 0.25) is 0 Å². The predicted molar refractivity (Wildman–Crippen MR) is 63.5 cm³/mol. The third-order valence-corrected chi connectivity index (χ3v) is 2.56. The van der Waals surface area contributed by atoms with Gasteiger partial charge in [0.25, 0.3) is 0 Å². The van der Waals surface area contributed by atoms with Crippen LogP contribution in [0.3, 0.4) is 0 Å². The molecule has 0 fully saturated rings. The van der Waals surface area contributed by atoms with E-state index in [-0.39, 0.29) is 0 Å². The zero-order chi connectivity index (χ0) is 10.9. The van der Waals surface area contributed by atoms with Crippen molar-refractivity contribution in [2.45, 2.75) is 38.6 Å². The molecule has 0 aliphatic heterocycles. The molecule has 1 unspecified atom stereocenters. The first kappa shape index (κ1) is 12.2. The van der Waals surface area contributed by atoms with Gasteiger partial charge >= 0.3 is 0 Å². The molecule has 1 aromatic rings. The Kier molecular flexibility index (Phi) is 6.05. The summed E-state index contributed by atoms with van der Waals surface area (Å²) in [5.41, 5.74) is 4.36. The van der Waals surface area contributed by atoms with Crippen LogP contribution in [0.15, 0.2) is 30.3 Å². The van der Waals surface area contributed by atoms with E-state index in [1.165, 1.54) is 24.8 Å². The van der Waals surface area contributed by atoms with Crippen LogP contribution in [-0.4, -0.2) is 7.11 Å². The molecule has 1 atom stereocenters. The Balaban J connectivity index is 2.50. The van der Waals surface area contributed by atoms with Gasteiger partial charge in [0.2, 0.25) is 0 Å². The highest BCUT2D eigenvalue weighted by Gasteiger charge is 2.09. The monoisotopic (exact) mass is 207 g/mol. The van der Waals surface area contributed by atoms with E-state index in [4.69, 9.17) is 4.84 Å². The molecular formula is C13H21NO. The molecular weight excluding hydrogens is 186 g/mol. The van der Waals surface area contributed by atoms with Crippen molar-refractivity contribution in [2.75, 3.05) is 7.11 Å². The fourth-order valence-electron chi connectivity index (χ4n) is 1.72. The second-order valence-electron chi connectivity index (χ2n) is 3.78. The van der Waals surface area contributed by atoms with Gasteiger partial charge in [-0.25, -0.2) is 0 Å². The van der Waals surface area contributed by atoms with Crippen LogP contribution in [-0.2, 0) is 4.84 Å². The van der Waals surface area contributed by atoms with Crippen LogP contribution in [0, 0.1) is 0 Å². The van der Waals surface area contributed by atoms with Crippen molar-refractivity contribution in [3.8, 4) is 0 Å². The average molecular weight is 207 g/mol. The van der Waals surface area contributed by atoms with E-state index in [2.05, 4.69) is 36.7 Å². The van der Waals surface area contributed by atoms with E-state index in [0.717, 1.165) is 6.42 Å². The molecule has 0 saturated heterocycles. The molecule has 0 radical (unpaired) electrons. The lowest BCUT2D eigenvalue weighted by Gasteiger charge is -2.17. The Morgan fingerprint density at radius 1 is 1.20 bits per heavy atom. The molecule has 0 aliphatic rings. The molecule has 0 aromatic heterocycles. The van der Waals surface area contributed by atoms with Gasteiger partial charge in [-0.2, -0.15) is 5.48 Å². The summed E-state index contributed by atoms with van der Waals surface area (Å²) < 4.78 is 0. The molecule has 1 aromatic carbocycles. The van der Waals surface area contributed by atoms with Gasteiger partial charge in [0.15, 0.2) is 0 Å². The molecule has 0 heterocycles. The zero-order valence-corrected chi connectivity index (χ0v) is 9.70. The molecule has 0 amide bonds. The first-order valence-electron chi connectivity index (χ1n) is 5.72. The van der Waals surface area contributed by atoms with Crippen molar-refractivity contribution in [3.63, 3.8) is 0 Å². The summed E-state index contributed by atoms with van der Waals surface area (Å²) in [6.45, 7) is 2.22. The lowest BCUT2D eigenvalue weighted by atomic mass is 10.0. The number of unbranched alkanes of at least 4 members (excludes halogenated alkanes) is 2. The number of rotatable bonds is 7. The van der Waals surface area contributed by atoms with Crippen LogP contribution < -0.4 is 5.48 Å². The van der Waals surface area contributed by atoms with E-state index < -0.39 is 0 Å². The largest absolute Gasteiger partial charge is 0.305 e. The fourth-order valence-corrected chi connectivity index (χ4v) is 1.72. The summed E-state index contributed by atoms with van der Waals surface area (Å²) >= 11 is 0. The molecule has 2 nitrogen and oxygen atoms in total. The molecule has 0 spiro atoms. The topological polar surface area (TPSA) is 21.3 Å². The lowest BCUT2D eigenvalue weighted by Crippen LogP contribution is -2.19. The summed E-state index contributed by atoms with van der Waals surface area (Å²) in [4.78, 5) is 5.04. The van der Waals surface area contributed by atoms with Crippen molar-refractivity contribution < 1.29 is 4.84 Å². The normalized spacial score (nSPS) is 12.7. The van der Waals surface area contributed by atoms with E-state index >= 15 is 0 Å². The smallest absolute Gasteiger partial charge is 0.0572 e. The van der Waals surface area contributed by atoms with Gasteiger partial charge in [-0.15, -0.1) is 0 Å². The van der Waals surface area contributed by atoms with Crippen molar-refractivity contribution in [1.82, 2.24) is 5.48 Å². The molecule has 84 valence electrons. The number of nitrogens with one attached hydrogen (secondary N) is 1. The summed E-state index contributed by atoms with van der Waals surface area (Å²) in [6.07, 6.45) is 4.92. The summed E-state index contributed by atoms with van der Waals surface area (Å²) in [7, 11) is 1.68. The third kappa shape index (κ3) is 4.45. The predicted octanol–water partition coefficient (Wildman–Crippen LogP) is 3.46. The molecule has 0 bridgehead atoms. The highest BCUT2D eigenvalue weighted by molar-refractivity contribution is 5.18. The average Bonchev–Trinajstić information content (AvgIpc) is 2.29. The Morgan fingerprint density at radius 3 is 2.53 bits per heavy atom. The molecule has 15 heavy (non-hydrogen) atoms. The second kappa shape index (κ2) is 7.43. The second-order valence-corrected chi connectivity index (χ2v) is 3.78. The maximum atomic E-state index is 5.04. The lowest BCUT2D eigenvalue weighted by molar-refractivity contribution is 0.0569. The SMILES string of the molecule is CCCCCC(NOC)c1ccccc1. The summed E-state index contributed by atoms with van der Waals surface area (Å²) in [5.74, 6) is 0. The zero-order valence-electron chi connectivity index (χ0n) is 9.70. The minimum atomic E-state index is 0.322. The van der Waals surface area contributed by atoms with Gasteiger partial charge in [0.1, 0.15) is 0 Å². The van der Waals surface area contributed by atoms with E-state index in [1.807, 2.05) is 6.07 Å². The van der Waals surface area contributed by atoms with Crippen molar-refractivity contribution >= 4 is 0 Å². The molecule has 1 N–H and O–H groups in total. The number of benzene rings is 1. The fraction of sp³-hybridized carbons (Fsp3) is 0.538. The summed E-state index contributed by atoms with van der Waals surface area (Å²) in [6, 6.07) is 10.8. The van der Waals surface area contributed by atoms with Crippen LogP contribution in [0.25, 0.3) is 0 Å². The first-order chi connectivity index (χ1) is 7.38. The first-order valence-corrected chi connectivity index (χ1v) is 5.72. The van der Waals surface area contributed by atoms with Gasteiger partial charge in [-0.05, 0) is 12.0 Å². The van der Waals surface area contributed by atoms with Crippen LogP contribution in [0.5, 0.6) is 0 Å². The van der Waals surface area contributed by atoms with Gasteiger partial charge < -0.3 is 4.84 Å². The third-order valence-electron chi connectivity index (χ3n) is 2.56. The Hall–Kier alpha value is -0.860. The highest BCUT2D eigenvalue weighted by atomic mass is 16.6. The molecule has 0 saturated carbocycles. The van der Waals surface area contributed by atoms with E-state index in [9.17, 15) is 0 Å². The van der Waals surface area contributed by atoms with E-state index in [1.54, 1.807) is 7.11 Å². The van der Waals surface area contributed by atoms with Gasteiger partial charge in [0, 0.05) is 0 Å². The van der Waals surface area contributed by atoms with Crippen molar-refractivity contribution in [1.29, 1.82) is 0 Å². The Morgan fingerprint density at radius 2 is 1.93 bits per heavy atom. The standard InChI is InChI=1S/C13H21NO/c1-3-4-6-11-13(14-15-2)12-9-7-5-8-10-12/h5,7-10,13-14H,3-4,6,11H2,1-2H3. The minimum Gasteiger partial charge on any atom is -0.305 e. The molecule has 0 aliphatic carbocycles. The van der Waals surface area contributed by atoms with Crippen LogP contribution in [0.4, 0.5) is 0 Å². The quantitative estimate of drug-likeness (QED) is 0.546.